The maximum atomic E-state index is 4.25. The van der Waals surface area contributed by atoms with E-state index < -0.39 is 0 Å². The molecule has 0 N–H and O–H groups in total. The molecule has 0 fully saturated rings. The average Bonchev–Trinajstić information content (AvgIpc) is 1.91. The molecule has 1 aliphatic rings. The molecule has 1 unspecified atom stereocenters. The fourth-order valence-electron chi connectivity index (χ4n) is 0.638. The maximum absolute atomic E-state index is 4.25. The van der Waals surface area contributed by atoms with Gasteiger partial charge in [0.05, 0.1) is 0 Å². The first-order chi connectivity index (χ1) is 4.43. The molecule has 0 aromatic heterocycles. The van der Waals surface area contributed by atoms with E-state index in [1.54, 1.807) is 10.8 Å². The van der Waals surface area contributed by atoms with Crippen LogP contribution in [0.15, 0.2) is 17.1 Å². The molecule has 3 heteroatoms. The standard InChI is InChI=1S/C6H9NS2/c1-8-9-6-4-2-3-5-7-6/h2-3,5-6H,4H2,1H3. The van der Waals surface area contributed by atoms with Gasteiger partial charge < -0.3 is 0 Å². The van der Waals surface area contributed by atoms with Gasteiger partial charge in [-0.25, -0.2) is 0 Å². The minimum Gasteiger partial charge on any atom is -0.278 e. The lowest BCUT2D eigenvalue weighted by Crippen LogP contribution is -1.97. The molecule has 0 aliphatic carbocycles. The number of aliphatic imine (C=N–C) groups is 1. The minimum atomic E-state index is 0.463. The van der Waals surface area contributed by atoms with Crippen molar-refractivity contribution in [2.45, 2.75) is 11.8 Å². The van der Waals surface area contributed by atoms with Crippen LogP contribution in [-0.4, -0.2) is 17.8 Å². The number of rotatable bonds is 2. The lowest BCUT2D eigenvalue weighted by Gasteiger charge is -2.08. The predicted octanol–water partition coefficient (Wildman–Crippen LogP) is 2.35. The summed E-state index contributed by atoms with van der Waals surface area (Å²) < 4.78 is 0. The van der Waals surface area contributed by atoms with E-state index in [-0.39, 0.29) is 0 Å². The minimum absolute atomic E-state index is 0.463. The lowest BCUT2D eigenvalue weighted by molar-refractivity contribution is 0.937. The van der Waals surface area contributed by atoms with Crippen LogP contribution in [0.2, 0.25) is 0 Å². The summed E-state index contributed by atoms with van der Waals surface area (Å²) in [7, 11) is 3.60. The Balaban J connectivity index is 2.28. The molecule has 50 valence electrons. The Bertz CT molecular complexity index is 131. The Labute approximate surface area is 63.4 Å². The molecule has 0 aromatic carbocycles. The van der Waals surface area contributed by atoms with Crippen LogP contribution < -0.4 is 0 Å². The summed E-state index contributed by atoms with van der Waals surface area (Å²) in [6, 6.07) is 0. The molecule has 0 saturated carbocycles. The second-order valence-electron chi connectivity index (χ2n) is 1.68. The highest BCUT2D eigenvalue weighted by molar-refractivity contribution is 8.76. The van der Waals surface area contributed by atoms with Crippen LogP contribution in [0.3, 0.4) is 0 Å². The number of nitrogens with zero attached hydrogens (tertiary/aromatic N) is 1. The van der Waals surface area contributed by atoms with Crippen LogP contribution in [0, 0.1) is 0 Å². The van der Waals surface area contributed by atoms with Gasteiger partial charge in [-0.1, -0.05) is 27.7 Å². The zero-order chi connectivity index (χ0) is 6.53. The summed E-state index contributed by atoms with van der Waals surface area (Å²) in [6.07, 6.45) is 9.19. The Morgan fingerprint density at radius 1 is 1.67 bits per heavy atom. The van der Waals surface area contributed by atoms with Crippen molar-refractivity contribution in [1.29, 1.82) is 0 Å². The molecule has 1 rings (SSSR count). The largest absolute Gasteiger partial charge is 0.278 e. The molecule has 0 radical (unpaired) electrons. The van der Waals surface area contributed by atoms with Crippen LogP contribution in [-0.2, 0) is 0 Å². The molecule has 0 bridgehead atoms. The second-order valence-corrected chi connectivity index (χ2v) is 4.33. The fourth-order valence-corrected chi connectivity index (χ4v) is 2.22. The second kappa shape index (κ2) is 4.01. The zero-order valence-electron chi connectivity index (χ0n) is 5.28. The van der Waals surface area contributed by atoms with Crippen molar-refractivity contribution in [1.82, 2.24) is 0 Å². The smallest absolute Gasteiger partial charge is 0.109 e. The summed E-state index contributed by atoms with van der Waals surface area (Å²) in [5.74, 6) is 0. The van der Waals surface area contributed by atoms with Gasteiger partial charge in [-0.2, -0.15) is 0 Å². The van der Waals surface area contributed by atoms with Gasteiger partial charge >= 0.3 is 0 Å². The maximum Gasteiger partial charge on any atom is 0.109 e. The normalized spacial score (nSPS) is 24.8. The molecule has 1 nitrogen and oxygen atoms in total. The Morgan fingerprint density at radius 2 is 2.56 bits per heavy atom. The molecular weight excluding hydrogens is 150 g/mol. The Kier molecular flexibility index (Phi) is 3.22. The fraction of sp³-hybridized carbons (Fsp3) is 0.500. The molecule has 0 saturated heterocycles. The van der Waals surface area contributed by atoms with Crippen LogP contribution in [0.5, 0.6) is 0 Å². The summed E-state index contributed by atoms with van der Waals surface area (Å²) in [4.78, 5) is 4.25. The van der Waals surface area contributed by atoms with E-state index in [9.17, 15) is 0 Å². The predicted molar refractivity (Wildman–Crippen MR) is 47.1 cm³/mol. The lowest BCUT2D eigenvalue weighted by atomic mass is 10.3. The topological polar surface area (TPSA) is 12.4 Å². The molecule has 0 spiro atoms. The molecular formula is C6H9NS2. The average molecular weight is 159 g/mol. The van der Waals surface area contributed by atoms with Crippen molar-refractivity contribution >= 4 is 27.8 Å². The summed E-state index contributed by atoms with van der Waals surface area (Å²) in [5.41, 5.74) is 0. The number of hydrogen-bond acceptors (Lipinski definition) is 3. The third-order valence-corrected chi connectivity index (χ3v) is 2.99. The van der Waals surface area contributed by atoms with E-state index >= 15 is 0 Å². The van der Waals surface area contributed by atoms with Gasteiger partial charge in [-0.3, -0.25) is 4.99 Å². The van der Waals surface area contributed by atoms with E-state index in [1.807, 2.05) is 23.1 Å². The van der Waals surface area contributed by atoms with E-state index in [1.165, 1.54) is 0 Å². The van der Waals surface area contributed by atoms with Gasteiger partial charge in [-0.05, 0) is 18.8 Å². The highest BCUT2D eigenvalue weighted by Gasteiger charge is 2.04. The zero-order valence-corrected chi connectivity index (χ0v) is 6.91. The van der Waals surface area contributed by atoms with Gasteiger partial charge in [0.2, 0.25) is 0 Å². The van der Waals surface area contributed by atoms with Gasteiger partial charge in [0, 0.05) is 6.21 Å². The van der Waals surface area contributed by atoms with Crippen molar-refractivity contribution in [3.05, 3.63) is 12.2 Å². The molecule has 0 amide bonds. The van der Waals surface area contributed by atoms with Crippen molar-refractivity contribution in [2.24, 2.45) is 4.99 Å². The van der Waals surface area contributed by atoms with Crippen molar-refractivity contribution in [3.63, 3.8) is 0 Å². The van der Waals surface area contributed by atoms with Crippen molar-refractivity contribution in [3.8, 4) is 0 Å². The molecule has 1 heterocycles. The van der Waals surface area contributed by atoms with Crippen LogP contribution in [0.1, 0.15) is 6.42 Å². The van der Waals surface area contributed by atoms with Crippen LogP contribution in [0.25, 0.3) is 0 Å². The van der Waals surface area contributed by atoms with Crippen molar-refractivity contribution < 1.29 is 0 Å². The Hall–Kier alpha value is 0.110. The first-order valence-electron chi connectivity index (χ1n) is 2.81. The van der Waals surface area contributed by atoms with Crippen LogP contribution >= 0.6 is 21.6 Å². The van der Waals surface area contributed by atoms with Gasteiger partial charge in [0.15, 0.2) is 0 Å². The van der Waals surface area contributed by atoms with Gasteiger partial charge in [0.1, 0.15) is 5.37 Å². The SMILES string of the molecule is CSSC1CC=CC=N1. The molecule has 1 aliphatic heterocycles. The van der Waals surface area contributed by atoms with E-state index in [4.69, 9.17) is 0 Å². The third kappa shape index (κ3) is 2.45. The summed E-state index contributed by atoms with van der Waals surface area (Å²) in [6.45, 7) is 0. The summed E-state index contributed by atoms with van der Waals surface area (Å²) >= 11 is 0. The molecule has 1 atom stereocenters. The molecule has 9 heavy (non-hydrogen) atoms. The van der Waals surface area contributed by atoms with Crippen LogP contribution in [0.4, 0.5) is 0 Å². The first-order valence-corrected chi connectivity index (χ1v) is 5.43. The highest BCUT2D eigenvalue weighted by atomic mass is 33.1. The van der Waals surface area contributed by atoms with E-state index in [0.717, 1.165) is 6.42 Å². The van der Waals surface area contributed by atoms with E-state index in [0.29, 0.717) is 5.37 Å². The van der Waals surface area contributed by atoms with E-state index in [2.05, 4.69) is 17.3 Å². The number of allylic oxidation sites excluding steroid dienone is 1. The monoisotopic (exact) mass is 159 g/mol. The first kappa shape index (κ1) is 7.22. The Morgan fingerprint density at radius 3 is 3.11 bits per heavy atom. The highest BCUT2D eigenvalue weighted by Crippen LogP contribution is 2.27. The molecule has 0 aromatic rings. The third-order valence-electron chi connectivity index (χ3n) is 1.02. The summed E-state index contributed by atoms with van der Waals surface area (Å²) in [5, 5.41) is 0.463. The van der Waals surface area contributed by atoms with Gasteiger partial charge in [0.25, 0.3) is 0 Å². The van der Waals surface area contributed by atoms with Crippen molar-refractivity contribution in [2.75, 3.05) is 6.26 Å². The van der Waals surface area contributed by atoms with Gasteiger partial charge in [-0.15, -0.1) is 0 Å². The number of dihydropyridines is 1. The number of hydrogen-bond donors (Lipinski definition) is 0. The quantitative estimate of drug-likeness (QED) is 0.573.